The maximum absolute atomic E-state index is 12.6. The van der Waals surface area contributed by atoms with E-state index in [0.29, 0.717) is 12.3 Å². The molecule has 24 heavy (non-hydrogen) atoms. The molecule has 0 aliphatic carbocycles. The normalized spacial score (nSPS) is 11.3. The van der Waals surface area contributed by atoms with Crippen molar-refractivity contribution < 1.29 is 18.0 Å². The lowest BCUT2D eigenvalue weighted by atomic mass is 10.2. The first-order chi connectivity index (χ1) is 11.1. The molecule has 0 bridgehead atoms. The smallest absolute Gasteiger partial charge is 0.278 e. The maximum Gasteiger partial charge on any atom is 0.417 e. The number of carbonyl (C=O) groups is 1. The van der Waals surface area contributed by atoms with Gasteiger partial charge in [0, 0.05) is 13.2 Å². The van der Waals surface area contributed by atoms with Crippen molar-refractivity contribution in [2.24, 2.45) is 0 Å². The Balaban J connectivity index is 2.24. The van der Waals surface area contributed by atoms with E-state index in [9.17, 15) is 18.0 Å². The summed E-state index contributed by atoms with van der Waals surface area (Å²) in [5.41, 5.74) is 1.54. The first-order valence-corrected chi connectivity index (χ1v) is 7.46. The van der Waals surface area contributed by atoms with Crippen molar-refractivity contribution in [3.8, 4) is 0 Å². The minimum absolute atomic E-state index is 0.0406. The second kappa shape index (κ2) is 7.04. The monoisotopic (exact) mass is 397 g/mol. The summed E-state index contributed by atoms with van der Waals surface area (Å²) >= 11 is 17.7. The van der Waals surface area contributed by atoms with E-state index in [4.69, 9.17) is 34.8 Å². The van der Waals surface area contributed by atoms with Crippen molar-refractivity contribution in [3.63, 3.8) is 0 Å². The number of nitrogens with zero attached hydrogens (tertiary/aromatic N) is 2. The van der Waals surface area contributed by atoms with Crippen molar-refractivity contribution in [1.82, 2.24) is 9.99 Å². The van der Waals surface area contributed by atoms with E-state index in [1.54, 1.807) is 6.07 Å². The van der Waals surface area contributed by atoms with Gasteiger partial charge in [0.1, 0.15) is 0 Å². The largest absolute Gasteiger partial charge is 0.417 e. The molecule has 0 aliphatic rings. The fourth-order valence-electron chi connectivity index (χ4n) is 1.75. The number of aromatic nitrogens is 1. The average molecular weight is 399 g/mol. The Kier molecular flexibility index (Phi) is 5.47. The number of nitrogens with one attached hydrogen (secondary N) is 1. The standard InChI is InChI=1S/C14H9Cl3F3N3O/c1-23(13(24)11-8(15)3-2-4-9(11)16)22-12-10(17)5-7(6-21-12)14(18,19)20/h2-6H,1H3,(H,21,22). The van der Waals surface area contributed by atoms with Gasteiger partial charge in [-0.1, -0.05) is 40.9 Å². The van der Waals surface area contributed by atoms with Gasteiger partial charge < -0.3 is 0 Å². The van der Waals surface area contributed by atoms with Gasteiger partial charge in [-0.15, -0.1) is 0 Å². The molecule has 1 N–H and O–H groups in total. The van der Waals surface area contributed by atoms with Crippen molar-refractivity contribution in [2.45, 2.75) is 6.18 Å². The number of carbonyl (C=O) groups excluding carboxylic acids is 1. The molecule has 4 nitrogen and oxygen atoms in total. The molecule has 0 saturated heterocycles. The molecule has 1 amide bonds. The van der Waals surface area contributed by atoms with Gasteiger partial charge >= 0.3 is 6.18 Å². The number of alkyl halides is 3. The molecular weight excluding hydrogens is 390 g/mol. The number of hydrogen-bond acceptors (Lipinski definition) is 3. The Morgan fingerprint density at radius 2 is 1.75 bits per heavy atom. The van der Waals surface area contributed by atoms with Gasteiger partial charge in [0.2, 0.25) is 0 Å². The van der Waals surface area contributed by atoms with E-state index in [-0.39, 0.29) is 26.4 Å². The fraction of sp³-hybridized carbons (Fsp3) is 0.143. The molecule has 1 heterocycles. The number of pyridine rings is 1. The van der Waals surface area contributed by atoms with E-state index in [1.165, 1.54) is 19.2 Å². The van der Waals surface area contributed by atoms with E-state index < -0.39 is 17.6 Å². The lowest BCUT2D eigenvalue weighted by Crippen LogP contribution is -2.33. The summed E-state index contributed by atoms with van der Waals surface area (Å²) in [4.78, 5) is 16.0. The summed E-state index contributed by atoms with van der Waals surface area (Å²) in [5, 5.41) is 0.934. The molecule has 10 heteroatoms. The van der Waals surface area contributed by atoms with Crippen LogP contribution < -0.4 is 5.43 Å². The van der Waals surface area contributed by atoms with Crippen LogP contribution in [0.4, 0.5) is 19.0 Å². The number of anilines is 1. The zero-order valence-electron chi connectivity index (χ0n) is 12.0. The summed E-state index contributed by atoms with van der Waals surface area (Å²) in [6.07, 6.45) is -3.96. The topological polar surface area (TPSA) is 45.2 Å². The Hall–Kier alpha value is -1.70. The van der Waals surface area contributed by atoms with Gasteiger partial charge in [-0.2, -0.15) is 13.2 Å². The van der Waals surface area contributed by atoms with Crippen molar-refractivity contribution >= 4 is 46.5 Å². The third kappa shape index (κ3) is 4.03. The summed E-state index contributed by atoms with van der Waals surface area (Å²) < 4.78 is 37.8. The van der Waals surface area contributed by atoms with Gasteiger partial charge in [0.15, 0.2) is 5.82 Å². The van der Waals surface area contributed by atoms with Crippen molar-refractivity contribution in [2.75, 3.05) is 12.5 Å². The van der Waals surface area contributed by atoms with Crippen LogP contribution in [0.25, 0.3) is 0 Å². The molecule has 0 spiro atoms. The Morgan fingerprint density at radius 1 is 1.17 bits per heavy atom. The second-order valence-electron chi connectivity index (χ2n) is 4.62. The van der Waals surface area contributed by atoms with E-state index >= 15 is 0 Å². The molecule has 0 saturated carbocycles. The van der Waals surface area contributed by atoms with Crippen LogP contribution in [-0.2, 0) is 6.18 Å². The highest BCUT2D eigenvalue weighted by Gasteiger charge is 2.31. The molecular formula is C14H9Cl3F3N3O. The highest BCUT2D eigenvalue weighted by atomic mass is 35.5. The van der Waals surface area contributed by atoms with Gasteiger partial charge in [-0.3, -0.25) is 15.2 Å². The van der Waals surface area contributed by atoms with Gasteiger partial charge in [-0.05, 0) is 18.2 Å². The maximum atomic E-state index is 12.6. The summed E-state index contributed by atoms with van der Waals surface area (Å²) in [5.74, 6) is -0.730. The van der Waals surface area contributed by atoms with E-state index in [2.05, 4.69) is 10.4 Å². The zero-order chi connectivity index (χ0) is 18.1. The zero-order valence-corrected chi connectivity index (χ0v) is 14.2. The highest BCUT2D eigenvalue weighted by molar-refractivity contribution is 6.39. The second-order valence-corrected chi connectivity index (χ2v) is 5.85. The molecule has 1 aromatic heterocycles. The van der Waals surface area contributed by atoms with Crippen LogP contribution in [0.2, 0.25) is 15.1 Å². The number of rotatable bonds is 3. The first kappa shape index (κ1) is 18.6. The molecule has 0 unspecified atom stereocenters. The summed E-state index contributed by atoms with van der Waals surface area (Å²) in [6, 6.07) is 5.25. The van der Waals surface area contributed by atoms with Gasteiger partial charge in [0.05, 0.1) is 26.2 Å². The molecule has 0 radical (unpaired) electrons. The number of hydrogen-bond donors (Lipinski definition) is 1. The molecule has 1 aromatic carbocycles. The Labute approximate surface area is 150 Å². The van der Waals surface area contributed by atoms with Gasteiger partial charge in [-0.25, -0.2) is 4.98 Å². The molecule has 128 valence electrons. The fourth-order valence-corrected chi connectivity index (χ4v) is 2.52. The van der Waals surface area contributed by atoms with Crippen LogP contribution >= 0.6 is 34.8 Å². The predicted molar refractivity (Wildman–Crippen MR) is 86.4 cm³/mol. The van der Waals surface area contributed by atoms with Crippen LogP contribution in [0.1, 0.15) is 15.9 Å². The Bertz CT molecular complexity index is 763. The predicted octanol–water partition coefficient (Wildman–Crippen LogP) is 5.16. The number of amides is 1. The average Bonchev–Trinajstić information content (AvgIpc) is 2.47. The lowest BCUT2D eigenvalue weighted by molar-refractivity contribution is -0.137. The van der Waals surface area contributed by atoms with Crippen LogP contribution in [0.5, 0.6) is 0 Å². The first-order valence-electron chi connectivity index (χ1n) is 6.32. The third-order valence-electron chi connectivity index (χ3n) is 2.92. The van der Waals surface area contributed by atoms with Crippen LogP contribution in [0, 0.1) is 0 Å². The van der Waals surface area contributed by atoms with Crippen LogP contribution in [-0.4, -0.2) is 22.9 Å². The molecule has 2 aromatic rings. The number of hydrazine groups is 1. The van der Waals surface area contributed by atoms with E-state index in [0.717, 1.165) is 5.01 Å². The van der Waals surface area contributed by atoms with Gasteiger partial charge in [0.25, 0.3) is 5.91 Å². The highest BCUT2D eigenvalue weighted by Crippen LogP contribution is 2.32. The quantitative estimate of drug-likeness (QED) is 0.727. The molecule has 0 atom stereocenters. The van der Waals surface area contributed by atoms with Crippen LogP contribution in [0.3, 0.4) is 0 Å². The number of halogens is 6. The third-order valence-corrected chi connectivity index (χ3v) is 3.84. The summed E-state index contributed by atoms with van der Waals surface area (Å²) in [6.45, 7) is 0. The van der Waals surface area contributed by atoms with Crippen molar-refractivity contribution in [1.29, 1.82) is 0 Å². The van der Waals surface area contributed by atoms with Crippen molar-refractivity contribution in [3.05, 3.63) is 56.7 Å². The summed E-state index contributed by atoms with van der Waals surface area (Å²) in [7, 11) is 1.33. The Morgan fingerprint density at radius 3 is 2.25 bits per heavy atom. The van der Waals surface area contributed by atoms with E-state index in [1.807, 2.05) is 0 Å². The minimum Gasteiger partial charge on any atom is -0.278 e. The molecule has 0 aliphatic heterocycles. The minimum atomic E-state index is -4.57. The van der Waals surface area contributed by atoms with Crippen LogP contribution in [0.15, 0.2) is 30.5 Å². The molecule has 0 fully saturated rings. The number of benzene rings is 1. The SMILES string of the molecule is CN(Nc1ncc(C(F)(F)F)cc1Cl)C(=O)c1c(Cl)cccc1Cl. The molecule has 2 rings (SSSR count). The lowest BCUT2D eigenvalue weighted by Gasteiger charge is -2.21.